The van der Waals surface area contributed by atoms with Gasteiger partial charge in [-0.3, -0.25) is 9.59 Å². The number of hydrogen-bond donors (Lipinski definition) is 3. The summed E-state index contributed by atoms with van der Waals surface area (Å²) in [7, 11) is 2.71. The number of phenols is 3. The van der Waals surface area contributed by atoms with Crippen LogP contribution in [0, 0.1) is 13.8 Å². The zero-order valence-corrected chi connectivity index (χ0v) is 15.6. The Bertz CT molecular complexity index is 1120. The largest absolute Gasteiger partial charge is 0.504 e. The van der Waals surface area contributed by atoms with Crippen molar-refractivity contribution in [2.75, 3.05) is 14.2 Å². The third kappa shape index (κ3) is 2.45. The summed E-state index contributed by atoms with van der Waals surface area (Å²) in [6.45, 7) is 3.12. The highest BCUT2D eigenvalue weighted by molar-refractivity contribution is 6.05. The van der Waals surface area contributed by atoms with Crippen molar-refractivity contribution < 1.29 is 38.8 Å². The number of phenolic OH excluding ortho intramolecular Hbond substituents is 3. The Hall–Kier alpha value is -3.68. The fraction of sp³-hybridized carbons (Fsp3) is 0.200. The first kappa shape index (κ1) is 19.1. The minimum absolute atomic E-state index is 0.00752. The van der Waals surface area contributed by atoms with Crippen molar-refractivity contribution in [1.29, 1.82) is 0 Å². The molecule has 0 saturated heterocycles. The number of aromatic hydroxyl groups is 3. The molecule has 3 N–H and O–H groups in total. The maximum Gasteiger partial charge on any atom is 0.204 e. The molecule has 0 saturated carbocycles. The minimum Gasteiger partial charge on any atom is -0.504 e. The number of carbonyl (C=O) groups is 2. The predicted molar refractivity (Wildman–Crippen MR) is 100.0 cm³/mol. The summed E-state index contributed by atoms with van der Waals surface area (Å²) < 4.78 is 16.1. The number of rotatable bonds is 5. The van der Waals surface area contributed by atoms with Gasteiger partial charge in [0.1, 0.15) is 5.76 Å². The molecule has 3 rings (SSSR count). The van der Waals surface area contributed by atoms with Gasteiger partial charge in [0.15, 0.2) is 35.4 Å². The molecule has 8 nitrogen and oxygen atoms in total. The molecule has 8 heteroatoms. The Morgan fingerprint density at radius 1 is 0.857 bits per heavy atom. The van der Waals surface area contributed by atoms with Crippen LogP contribution in [0.3, 0.4) is 0 Å². The van der Waals surface area contributed by atoms with Crippen molar-refractivity contribution in [3.63, 3.8) is 0 Å². The zero-order chi connectivity index (χ0) is 20.7. The number of methoxy groups -OCH3 is 2. The molecule has 28 heavy (non-hydrogen) atoms. The van der Waals surface area contributed by atoms with Crippen LogP contribution in [0.5, 0.6) is 28.7 Å². The molecule has 2 aromatic carbocycles. The van der Waals surface area contributed by atoms with Gasteiger partial charge in [-0.05, 0) is 19.9 Å². The second kappa shape index (κ2) is 6.80. The molecule has 0 aliphatic carbocycles. The highest BCUT2D eigenvalue weighted by Gasteiger charge is 2.27. The standard InChI is InChI=1S/C20H18O8/c1-8-11(6-21)10-5-13(28-19(10)17(25)15(8)23)14-9(2)18(26-3)20(27-4)16(24)12(14)7-22/h5-7,23-25H,1-4H3. The van der Waals surface area contributed by atoms with Crippen molar-refractivity contribution in [3.05, 3.63) is 28.3 Å². The summed E-state index contributed by atoms with van der Waals surface area (Å²) in [5.41, 5.74) is 0.735. The lowest BCUT2D eigenvalue weighted by Crippen LogP contribution is -2.00. The molecule has 0 spiro atoms. The molecule has 0 aliphatic heterocycles. The molecular weight excluding hydrogens is 368 g/mol. The quantitative estimate of drug-likeness (QED) is 0.449. The van der Waals surface area contributed by atoms with E-state index in [1.165, 1.54) is 27.2 Å². The molecule has 3 aromatic rings. The Morgan fingerprint density at radius 2 is 1.46 bits per heavy atom. The first-order valence-electron chi connectivity index (χ1n) is 8.18. The monoisotopic (exact) mass is 386 g/mol. The van der Waals surface area contributed by atoms with Crippen LogP contribution in [0.1, 0.15) is 31.8 Å². The van der Waals surface area contributed by atoms with E-state index in [-0.39, 0.29) is 50.5 Å². The fourth-order valence-corrected chi connectivity index (χ4v) is 3.36. The van der Waals surface area contributed by atoms with Gasteiger partial charge in [0, 0.05) is 27.6 Å². The van der Waals surface area contributed by atoms with Crippen LogP contribution in [0.2, 0.25) is 0 Å². The number of hydrogen-bond acceptors (Lipinski definition) is 8. The van der Waals surface area contributed by atoms with E-state index < -0.39 is 17.2 Å². The Morgan fingerprint density at radius 3 is 2.00 bits per heavy atom. The highest BCUT2D eigenvalue weighted by atomic mass is 16.5. The second-order valence-electron chi connectivity index (χ2n) is 6.15. The van der Waals surface area contributed by atoms with Gasteiger partial charge in [-0.1, -0.05) is 0 Å². The van der Waals surface area contributed by atoms with E-state index in [0.717, 1.165) is 0 Å². The van der Waals surface area contributed by atoms with Gasteiger partial charge in [0.2, 0.25) is 11.5 Å². The summed E-state index contributed by atoms with van der Waals surface area (Å²) in [4.78, 5) is 23.2. The van der Waals surface area contributed by atoms with Crippen LogP contribution in [0.4, 0.5) is 0 Å². The SMILES string of the molecule is COc1c(C)c(-c2cc3c(C=O)c(C)c(O)c(O)c3o2)c(C=O)c(O)c1OC. The fourth-order valence-electron chi connectivity index (χ4n) is 3.36. The molecule has 0 aliphatic rings. The van der Waals surface area contributed by atoms with Crippen molar-refractivity contribution in [3.8, 4) is 40.1 Å². The van der Waals surface area contributed by atoms with Crippen molar-refractivity contribution in [2.45, 2.75) is 13.8 Å². The highest BCUT2D eigenvalue weighted by Crippen LogP contribution is 2.49. The summed E-state index contributed by atoms with van der Waals surface area (Å²) in [6.07, 6.45) is 0.978. The van der Waals surface area contributed by atoms with Crippen LogP contribution >= 0.6 is 0 Å². The minimum atomic E-state index is -0.528. The number of fused-ring (bicyclic) bond motifs is 1. The molecule has 0 unspecified atom stereocenters. The van der Waals surface area contributed by atoms with Crippen LogP contribution in [0.25, 0.3) is 22.3 Å². The van der Waals surface area contributed by atoms with E-state index in [9.17, 15) is 24.9 Å². The van der Waals surface area contributed by atoms with Crippen LogP contribution in [-0.4, -0.2) is 42.1 Å². The number of aldehydes is 2. The van der Waals surface area contributed by atoms with Crippen LogP contribution in [0.15, 0.2) is 10.5 Å². The van der Waals surface area contributed by atoms with Gasteiger partial charge >= 0.3 is 0 Å². The van der Waals surface area contributed by atoms with E-state index in [0.29, 0.717) is 18.1 Å². The van der Waals surface area contributed by atoms with Crippen LogP contribution < -0.4 is 9.47 Å². The van der Waals surface area contributed by atoms with E-state index in [1.54, 1.807) is 6.92 Å². The van der Waals surface area contributed by atoms with Crippen molar-refractivity contribution >= 4 is 23.5 Å². The van der Waals surface area contributed by atoms with Crippen LogP contribution in [-0.2, 0) is 0 Å². The van der Waals surface area contributed by atoms with E-state index >= 15 is 0 Å². The number of furan rings is 1. The Kier molecular flexibility index (Phi) is 4.64. The molecule has 0 radical (unpaired) electrons. The maximum absolute atomic E-state index is 11.7. The predicted octanol–water partition coefficient (Wildman–Crippen LogP) is 3.48. The number of carbonyl (C=O) groups excluding carboxylic acids is 2. The van der Waals surface area contributed by atoms with Gasteiger partial charge in [0.05, 0.1) is 19.8 Å². The van der Waals surface area contributed by atoms with Gasteiger partial charge in [-0.25, -0.2) is 0 Å². The lowest BCUT2D eigenvalue weighted by Gasteiger charge is -2.17. The Labute approximate surface area is 159 Å². The molecule has 0 atom stereocenters. The molecule has 0 fully saturated rings. The Balaban J connectivity index is 2.47. The maximum atomic E-state index is 11.7. The smallest absolute Gasteiger partial charge is 0.204 e. The topological polar surface area (TPSA) is 126 Å². The van der Waals surface area contributed by atoms with E-state index in [4.69, 9.17) is 13.9 Å². The van der Waals surface area contributed by atoms with Crippen molar-refractivity contribution in [1.82, 2.24) is 0 Å². The summed E-state index contributed by atoms with van der Waals surface area (Å²) in [5.74, 6) is -1.16. The van der Waals surface area contributed by atoms with Gasteiger partial charge < -0.3 is 29.2 Å². The lowest BCUT2D eigenvalue weighted by molar-refractivity contribution is 0.111. The molecule has 0 bridgehead atoms. The molecular formula is C20H18O8. The number of ether oxygens (including phenoxy) is 2. The molecule has 146 valence electrons. The normalized spacial score (nSPS) is 10.9. The van der Waals surface area contributed by atoms with Crippen molar-refractivity contribution in [2.24, 2.45) is 0 Å². The second-order valence-corrected chi connectivity index (χ2v) is 6.15. The molecule has 0 amide bonds. The average Bonchev–Trinajstić information content (AvgIpc) is 3.12. The first-order chi connectivity index (χ1) is 13.3. The third-order valence-electron chi connectivity index (χ3n) is 4.77. The van der Waals surface area contributed by atoms with Gasteiger partial charge in [0.25, 0.3) is 0 Å². The third-order valence-corrected chi connectivity index (χ3v) is 4.77. The molecule has 1 aromatic heterocycles. The van der Waals surface area contributed by atoms with E-state index in [2.05, 4.69) is 0 Å². The number of benzene rings is 2. The first-order valence-corrected chi connectivity index (χ1v) is 8.18. The van der Waals surface area contributed by atoms with E-state index in [1.807, 2.05) is 0 Å². The summed E-state index contributed by atoms with van der Waals surface area (Å²) in [6, 6.07) is 1.45. The average molecular weight is 386 g/mol. The van der Waals surface area contributed by atoms with Gasteiger partial charge in [-0.15, -0.1) is 0 Å². The zero-order valence-electron chi connectivity index (χ0n) is 15.6. The molecule has 1 heterocycles. The van der Waals surface area contributed by atoms with Gasteiger partial charge in [-0.2, -0.15) is 0 Å². The summed E-state index contributed by atoms with van der Waals surface area (Å²) >= 11 is 0. The summed E-state index contributed by atoms with van der Waals surface area (Å²) in [5, 5.41) is 31.0. The lowest BCUT2D eigenvalue weighted by atomic mass is 9.96.